The molecule has 1 saturated carbocycles. The maximum atomic E-state index is 13.9. The number of amides is 2. The standard InChI is InChI=1S/C18H23FN2O3/c1-12-9-21(10-18(24-12)6-7-23-11-18)17(22)20-14-4-5-16(19)15(8-14)13-2-3-13/h4-5,8,12-13H,2-3,6-7,9-11H2,1H3,(H,20,22)/t12-,18+/m0/s1. The van der Waals surface area contributed by atoms with E-state index in [4.69, 9.17) is 9.47 Å². The Morgan fingerprint density at radius 1 is 1.42 bits per heavy atom. The lowest BCUT2D eigenvalue weighted by molar-refractivity contribution is -0.136. The van der Waals surface area contributed by atoms with E-state index < -0.39 is 0 Å². The Kier molecular flexibility index (Phi) is 3.96. The molecule has 0 bridgehead atoms. The first-order chi connectivity index (χ1) is 11.5. The second-order valence-corrected chi connectivity index (χ2v) is 7.24. The first kappa shape index (κ1) is 15.8. The van der Waals surface area contributed by atoms with Crippen molar-refractivity contribution in [2.45, 2.75) is 43.8 Å². The average molecular weight is 334 g/mol. The van der Waals surface area contributed by atoms with E-state index in [0.29, 0.717) is 43.5 Å². The van der Waals surface area contributed by atoms with Crippen molar-refractivity contribution in [3.8, 4) is 0 Å². The van der Waals surface area contributed by atoms with E-state index in [9.17, 15) is 9.18 Å². The van der Waals surface area contributed by atoms with Gasteiger partial charge in [0.05, 0.1) is 19.3 Å². The van der Waals surface area contributed by atoms with Gasteiger partial charge in [0.15, 0.2) is 0 Å². The Labute approximate surface area is 141 Å². The molecule has 2 aliphatic heterocycles. The number of nitrogens with one attached hydrogen (secondary N) is 1. The normalized spacial score (nSPS) is 29.9. The minimum Gasteiger partial charge on any atom is -0.378 e. The maximum Gasteiger partial charge on any atom is 0.322 e. The Balaban J connectivity index is 1.46. The lowest BCUT2D eigenvalue weighted by Gasteiger charge is -2.42. The van der Waals surface area contributed by atoms with E-state index in [0.717, 1.165) is 19.3 Å². The van der Waals surface area contributed by atoms with Crippen molar-refractivity contribution in [2.24, 2.45) is 0 Å². The van der Waals surface area contributed by atoms with Crippen molar-refractivity contribution in [3.05, 3.63) is 29.6 Å². The Morgan fingerprint density at radius 3 is 2.96 bits per heavy atom. The Morgan fingerprint density at radius 2 is 2.25 bits per heavy atom. The number of urea groups is 1. The third kappa shape index (κ3) is 3.13. The number of anilines is 1. The van der Waals surface area contributed by atoms with Crippen molar-refractivity contribution in [1.82, 2.24) is 4.90 Å². The lowest BCUT2D eigenvalue weighted by atomic mass is 9.99. The highest BCUT2D eigenvalue weighted by Crippen LogP contribution is 2.42. The molecule has 0 radical (unpaired) electrons. The van der Waals surface area contributed by atoms with Gasteiger partial charge in [-0.1, -0.05) is 0 Å². The number of carbonyl (C=O) groups excluding carboxylic acids is 1. The fraction of sp³-hybridized carbons (Fsp3) is 0.611. The summed E-state index contributed by atoms with van der Waals surface area (Å²) in [6.45, 7) is 4.25. The Hall–Kier alpha value is -1.66. The quantitative estimate of drug-likeness (QED) is 0.904. The Bertz CT molecular complexity index is 641. The van der Waals surface area contributed by atoms with E-state index in [-0.39, 0.29) is 23.6 Å². The van der Waals surface area contributed by atoms with Crippen LogP contribution in [0.5, 0.6) is 0 Å². The number of rotatable bonds is 2. The van der Waals surface area contributed by atoms with Crippen LogP contribution in [0.2, 0.25) is 0 Å². The molecule has 1 spiro atoms. The first-order valence-corrected chi connectivity index (χ1v) is 8.66. The first-order valence-electron chi connectivity index (χ1n) is 8.66. The number of hydrogen-bond donors (Lipinski definition) is 1. The molecule has 2 heterocycles. The molecule has 2 saturated heterocycles. The maximum absolute atomic E-state index is 13.9. The van der Waals surface area contributed by atoms with Crippen LogP contribution in [0.3, 0.4) is 0 Å². The number of carbonyl (C=O) groups is 1. The van der Waals surface area contributed by atoms with Gasteiger partial charge in [-0.2, -0.15) is 0 Å². The number of halogens is 1. The van der Waals surface area contributed by atoms with Crippen molar-refractivity contribution in [3.63, 3.8) is 0 Å². The fourth-order valence-corrected chi connectivity index (χ4v) is 3.72. The van der Waals surface area contributed by atoms with Gasteiger partial charge >= 0.3 is 6.03 Å². The monoisotopic (exact) mass is 334 g/mol. The number of ether oxygens (including phenoxy) is 2. The van der Waals surface area contributed by atoms with Crippen molar-refractivity contribution in [2.75, 3.05) is 31.6 Å². The van der Waals surface area contributed by atoms with E-state index in [1.54, 1.807) is 17.0 Å². The number of nitrogens with zero attached hydrogens (tertiary/aromatic N) is 1. The number of benzene rings is 1. The van der Waals surface area contributed by atoms with Gasteiger partial charge in [-0.3, -0.25) is 0 Å². The van der Waals surface area contributed by atoms with Crippen LogP contribution in [0, 0.1) is 5.82 Å². The topological polar surface area (TPSA) is 50.8 Å². The number of morpholine rings is 1. The largest absolute Gasteiger partial charge is 0.378 e. The summed E-state index contributed by atoms with van der Waals surface area (Å²) in [4.78, 5) is 14.4. The molecule has 1 aromatic rings. The van der Waals surface area contributed by atoms with E-state index in [1.165, 1.54) is 6.07 Å². The van der Waals surface area contributed by atoms with Crippen LogP contribution < -0.4 is 5.32 Å². The van der Waals surface area contributed by atoms with Crippen molar-refractivity contribution >= 4 is 11.7 Å². The summed E-state index contributed by atoms with van der Waals surface area (Å²) in [5.74, 6) is 0.127. The molecule has 0 aromatic heterocycles. The van der Waals surface area contributed by atoms with Crippen LogP contribution >= 0.6 is 0 Å². The highest BCUT2D eigenvalue weighted by molar-refractivity contribution is 5.89. The van der Waals surface area contributed by atoms with Gasteiger partial charge in [0, 0.05) is 25.3 Å². The van der Waals surface area contributed by atoms with Crippen LogP contribution in [-0.4, -0.2) is 48.9 Å². The predicted molar refractivity (Wildman–Crippen MR) is 87.7 cm³/mol. The van der Waals surface area contributed by atoms with Gasteiger partial charge in [0.2, 0.25) is 0 Å². The van der Waals surface area contributed by atoms with E-state index in [1.807, 2.05) is 6.92 Å². The zero-order valence-corrected chi connectivity index (χ0v) is 13.9. The van der Waals surface area contributed by atoms with Crippen LogP contribution in [0.1, 0.15) is 37.7 Å². The zero-order chi connectivity index (χ0) is 16.7. The lowest BCUT2D eigenvalue weighted by Crippen LogP contribution is -2.57. The highest BCUT2D eigenvalue weighted by atomic mass is 19.1. The van der Waals surface area contributed by atoms with Gasteiger partial charge in [-0.25, -0.2) is 9.18 Å². The molecular weight excluding hydrogens is 311 g/mol. The van der Waals surface area contributed by atoms with Gasteiger partial charge in [-0.15, -0.1) is 0 Å². The molecule has 1 aromatic carbocycles. The molecule has 1 N–H and O–H groups in total. The minimum absolute atomic E-state index is 0.0264. The summed E-state index contributed by atoms with van der Waals surface area (Å²) < 4.78 is 25.4. The molecule has 3 fully saturated rings. The molecule has 6 heteroatoms. The van der Waals surface area contributed by atoms with Gasteiger partial charge in [-0.05, 0) is 49.4 Å². The summed E-state index contributed by atoms with van der Waals surface area (Å²) >= 11 is 0. The van der Waals surface area contributed by atoms with Crippen molar-refractivity contribution < 1.29 is 18.7 Å². The fourth-order valence-electron chi connectivity index (χ4n) is 3.72. The molecule has 2 amide bonds. The molecule has 4 rings (SSSR count). The van der Waals surface area contributed by atoms with Gasteiger partial charge < -0.3 is 19.7 Å². The summed E-state index contributed by atoms with van der Waals surface area (Å²) in [5, 5.41) is 2.91. The number of hydrogen-bond acceptors (Lipinski definition) is 3. The molecule has 130 valence electrons. The minimum atomic E-state index is -0.378. The van der Waals surface area contributed by atoms with Crippen molar-refractivity contribution in [1.29, 1.82) is 0 Å². The molecule has 0 unspecified atom stereocenters. The summed E-state index contributed by atoms with van der Waals surface area (Å²) in [6.07, 6.45) is 2.83. The third-order valence-corrected chi connectivity index (χ3v) is 5.03. The van der Waals surface area contributed by atoms with Gasteiger partial charge in [0.1, 0.15) is 11.4 Å². The second kappa shape index (κ2) is 6.01. The third-order valence-electron chi connectivity index (χ3n) is 5.03. The summed E-state index contributed by atoms with van der Waals surface area (Å²) in [6, 6.07) is 4.67. The molecule has 3 aliphatic rings. The van der Waals surface area contributed by atoms with E-state index in [2.05, 4.69) is 5.32 Å². The van der Waals surface area contributed by atoms with Crippen LogP contribution in [-0.2, 0) is 9.47 Å². The van der Waals surface area contributed by atoms with Crippen LogP contribution in [0.15, 0.2) is 18.2 Å². The zero-order valence-electron chi connectivity index (χ0n) is 13.9. The molecule has 2 atom stereocenters. The van der Waals surface area contributed by atoms with E-state index >= 15 is 0 Å². The second-order valence-electron chi connectivity index (χ2n) is 7.24. The molecule has 24 heavy (non-hydrogen) atoms. The smallest absolute Gasteiger partial charge is 0.322 e. The van der Waals surface area contributed by atoms with Gasteiger partial charge in [0.25, 0.3) is 0 Å². The predicted octanol–water partition coefficient (Wildman–Crippen LogP) is 3.11. The SMILES string of the molecule is C[C@H]1CN(C(=O)Nc2ccc(F)c(C3CC3)c2)C[C@@]2(CCOC2)O1. The van der Waals surface area contributed by atoms with Crippen LogP contribution in [0.25, 0.3) is 0 Å². The summed E-state index contributed by atoms with van der Waals surface area (Å²) in [7, 11) is 0. The summed E-state index contributed by atoms with van der Waals surface area (Å²) in [5.41, 5.74) is 0.986. The molecular formula is C18H23FN2O3. The average Bonchev–Trinajstić information content (AvgIpc) is 3.30. The molecule has 1 aliphatic carbocycles. The molecule has 5 nitrogen and oxygen atoms in total. The highest BCUT2D eigenvalue weighted by Gasteiger charge is 2.44. The van der Waals surface area contributed by atoms with Crippen LogP contribution in [0.4, 0.5) is 14.9 Å².